The molecule has 0 bridgehead atoms. The molecule has 1 saturated carbocycles. The van der Waals surface area contributed by atoms with E-state index in [-0.39, 0.29) is 28.9 Å². The maximum absolute atomic E-state index is 13.6. The molecule has 0 radical (unpaired) electrons. The van der Waals surface area contributed by atoms with E-state index < -0.39 is 26.2 Å². The summed E-state index contributed by atoms with van der Waals surface area (Å²) in [5, 5.41) is 0. The predicted octanol–water partition coefficient (Wildman–Crippen LogP) is 5.66. The summed E-state index contributed by atoms with van der Waals surface area (Å²) in [6.45, 7) is 5.20. The van der Waals surface area contributed by atoms with Gasteiger partial charge < -0.3 is 0 Å². The van der Waals surface area contributed by atoms with Crippen molar-refractivity contribution in [3.8, 4) is 0 Å². The SMILES string of the molecule is CC(C)(C)S(=O)(=O)CC1CCC(C(=O)CCCCCc2c(F)cccc2F)CC1. The van der Waals surface area contributed by atoms with Gasteiger partial charge in [0.2, 0.25) is 0 Å². The molecule has 0 spiro atoms. The van der Waals surface area contributed by atoms with Crippen LogP contribution in [0.1, 0.15) is 77.7 Å². The van der Waals surface area contributed by atoms with Gasteiger partial charge in [0.15, 0.2) is 9.84 Å². The number of benzene rings is 1. The quantitative estimate of drug-likeness (QED) is 0.477. The van der Waals surface area contributed by atoms with Crippen LogP contribution in [0.2, 0.25) is 0 Å². The average Bonchev–Trinajstić information content (AvgIpc) is 2.62. The number of rotatable bonds is 9. The highest BCUT2D eigenvalue weighted by atomic mass is 32.2. The molecule has 3 nitrogen and oxygen atoms in total. The number of ketones is 1. The summed E-state index contributed by atoms with van der Waals surface area (Å²) in [5.74, 6) is -0.368. The molecular formula is C23H34F2O3S. The van der Waals surface area contributed by atoms with Gasteiger partial charge in [-0.05, 0) is 83.8 Å². The molecule has 1 aromatic rings. The fraction of sp³-hybridized carbons (Fsp3) is 0.696. The van der Waals surface area contributed by atoms with Crippen LogP contribution in [0.15, 0.2) is 18.2 Å². The van der Waals surface area contributed by atoms with Gasteiger partial charge in [-0.1, -0.05) is 12.5 Å². The summed E-state index contributed by atoms with van der Waals surface area (Å²) in [7, 11) is -3.12. The van der Waals surface area contributed by atoms with E-state index in [1.807, 2.05) is 0 Å². The van der Waals surface area contributed by atoms with E-state index in [1.165, 1.54) is 18.2 Å². The monoisotopic (exact) mass is 428 g/mol. The van der Waals surface area contributed by atoms with Crippen LogP contribution >= 0.6 is 0 Å². The van der Waals surface area contributed by atoms with Crippen molar-refractivity contribution in [3.63, 3.8) is 0 Å². The second kappa shape index (κ2) is 10.1. The Bertz CT molecular complexity index is 769. The lowest BCUT2D eigenvalue weighted by atomic mass is 9.80. The number of hydrogen-bond donors (Lipinski definition) is 0. The lowest BCUT2D eigenvalue weighted by Gasteiger charge is -2.30. The van der Waals surface area contributed by atoms with Crippen molar-refractivity contribution in [1.29, 1.82) is 0 Å². The predicted molar refractivity (Wildman–Crippen MR) is 113 cm³/mol. The van der Waals surface area contributed by atoms with Crippen molar-refractivity contribution >= 4 is 15.6 Å². The molecular weight excluding hydrogens is 394 g/mol. The van der Waals surface area contributed by atoms with Crippen LogP contribution in [0.4, 0.5) is 8.78 Å². The van der Waals surface area contributed by atoms with E-state index in [4.69, 9.17) is 0 Å². The number of sulfone groups is 1. The van der Waals surface area contributed by atoms with Crippen LogP contribution in [-0.4, -0.2) is 24.7 Å². The first-order valence-electron chi connectivity index (χ1n) is 10.7. The van der Waals surface area contributed by atoms with Gasteiger partial charge in [-0.2, -0.15) is 0 Å². The highest BCUT2D eigenvalue weighted by Crippen LogP contribution is 2.33. The summed E-state index contributed by atoms with van der Waals surface area (Å²) >= 11 is 0. The average molecular weight is 429 g/mol. The van der Waals surface area contributed by atoms with Gasteiger partial charge in [-0.25, -0.2) is 17.2 Å². The molecule has 29 heavy (non-hydrogen) atoms. The molecule has 0 amide bonds. The number of carbonyl (C=O) groups is 1. The minimum absolute atomic E-state index is 0.0348. The number of unbranched alkanes of at least 4 members (excludes halogenated alkanes) is 2. The molecule has 2 rings (SSSR count). The normalized spacial score (nSPS) is 20.6. The molecule has 164 valence electrons. The third-order valence-corrected chi connectivity index (χ3v) is 8.88. The number of halogens is 2. The van der Waals surface area contributed by atoms with Crippen LogP contribution in [0.25, 0.3) is 0 Å². The van der Waals surface area contributed by atoms with Crippen LogP contribution in [0.3, 0.4) is 0 Å². The molecule has 0 aliphatic heterocycles. The molecule has 1 aliphatic rings. The van der Waals surface area contributed by atoms with Crippen molar-refractivity contribution in [2.75, 3.05) is 5.75 Å². The smallest absolute Gasteiger partial charge is 0.155 e. The molecule has 0 aromatic heterocycles. The lowest BCUT2D eigenvalue weighted by Crippen LogP contribution is -2.35. The summed E-state index contributed by atoms with van der Waals surface area (Å²) in [5.41, 5.74) is 0.127. The van der Waals surface area contributed by atoms with E-state index in [0.29, 0.717) is 19.3 Å². The van der Waals surface area contributed by atoms with Crippen LogP contribution < -0.4 is 0 Å². The van der Waals surface area contributed by atoms with Gasteiger partial charge in [-0.3, -0.25) is 4.79 Å². The maximum atomic E-state index is 13.6. The zero-order valence-electron chi connectivity index (χ0n) is 17.8. The van der Waals surface area contributed by atoms with E-state index >= 15 is 0 Å². The Kier molecular flexibility index (Phi) is 8.38. The standard InChI is InChI=1S/C23H34F2O3S/c1-23(2,3)29(27,28)16-17-12-14-18(15-13-17)22(26)11-6-4-5-8-19-20(24)9-7-10-21(19)25/h7,9-10,17-18H,4-6,8,11-16H2,1-3H3. The van der Waals surface area contributed by atoms with Crippen molar-refractivity contribution < 1.29 is 22.0 Å². The Morgan fingerprint density at radius 3 is 2.14 bits per heavy atom. The molecule has 6 heteroatoms. The van der Waals surface area contributed by atoms with E-state index in [1.54, 1.807) is 20.8 Å². The van der Waals surface area contributed by atoms with Gasteiger partial charge in [0, 0.05) is 17.9 Å². The van der Waals surface area contributed by atoms with Gasteiger partial charge in [0.1, 0.15) is 17.4 Å². The first-order chi connectivity index (χ1) is 13.5. The van der Waals surface area contributed by atoms with Crippen molar-refractivity contribution in [3.05, 3.63) is 35.4 Å². The van der Waals surface area contributed by atoms with Crippen LogP contribution in [0.5, 0.6) is 0 Å². The minimum Gasteiger partial charge on any atom is -0.299 e. The van der Waals surface area contributed by atoms with Crippen molar-refractivity contribution in [2.45, 2.75) is 83.3 Å². The highest BCUT2D eigenvalue weighted by molar-refractivity contribution is 7.92. The molecule has 1 aromatic carbocycles. The van der Waals surface area contributed by atoms with Gasteiger partial charge in [-0.15, -0.1) is 0 Å². The zero-order chi connectivity index (χ0) is 21.7. The molecule has 0 unspecified atom stereocenters. The summed E-state index contributed by atoms with van der Waals surface area (Å²) in [4.78, 5) is 12.5. The largest absolute Gasteiger partial charge is 0.299 e. The molecule has 0 N–H and O–H groups in total. The van der Waals surface area contributed by atoms with Gasteiger partial charge in [0.25, 0.3) is 0 Å². The van der Waals surface area contributed by atoms with E-state index in [9.17, 15) is 22.0 Å². The maximum Gasteiger partial charge on any atom is 0.155 e. The molecule has 0 heterocycles. The second-order valence-electron chi connectivity index (χ2n) is 9.34. The summed E-state index contributed by atoms with van der Waals surface area (Å²) < 4.78 is 51.2. The Labute approximate surface area is 174 Å². The molecule has 1 fully saturated rings. The third-order valence-electron chi connectivity index (χ3n) is 6.10. The van der Waals surface area contributed by atoms with E-state index in [0.717, 1.165) is 38.5 Å². The fourth-order valence-electron chi connectivity index (χ4n) is 3.96. The number of Topliss-reactive ketones (excluding diaryl/α,β-unsaturated/α-hetero) is 1. The fourth-order valence-corrected chi connectivity index (χ4v) is 5.42. The number of carbonyl (C=O) groups excluding carboxylic acids is 1. The number of hydrogen-bond acceptors (Lipinski definition) is 3. The van der Waals surface area contributed by atoms with Gasteiger partial charge in [0.05, 0.1) is 10.5 Å². The topological polar surface area (TPSA) is 51.2 Å². The third kappa shape index (κ3) is 6.87. The molecule has 0 saturated heterocycles. The summed E-state index contributed by atoms with van der Waals surface area (Å²) in [6, 6.07) is 3.90. The Morgan fingerprint density at radius 2 is 1.59 bits per heavy atom. The van der Waals surface area contributed by atoms with E-state index in [2.05, 4.69) is 0 Å². The van der Waals surface area contributed by atoms with Crippen LogP contribution in [-0.2, 0) is 21.1 Å². The van der Waals surface area contributed by atoms with Crippen molar-refractivity contribution in [1.82, 2.24) is 0 Å². The molecule has 0 atom stereocenters. The summed E-state index contributed by atoms with van der Waals surface area (Å²) in [6.07, 6.45) is 6.10. The Hall–Kier alpha value is -1.30. The zero-order valence-corrected chi connectivity index (χ0v) is 18.7. The second-order valence-corrected chi connectivity index (χ2v) is 12.1. The Morgan fingerprint density at radius 1 is 1.00 bits per heavy atom. The van der Waals surface area contributed by atoms with Crippen molar-refractivity contribution in [2.24, 2.45) is 11.8 Å². The minimum atomic E-state index is -3.12. The lowest BCUT2D eigenvalue weighted by molar-refractivity contribution is -0.124. The van der Waals surface area contributed by atoms with Gasteiger partial charge >= 0.3 is 0 Å². The highest BCUT2D eigenvalue weighted by Gasteiger charge is 2.34. The Balaban J connectivity index is 1.67. The first-order valence-corrected chi connectivity index (χ1v) is 12.3. The first kappa shape index (κ1) is 24.0. The van der Waals surface area contributed by atoms with Crippen LogP contribution in [0, 0.1) is 23.5 Å². The molecule has 1 aliphatic carbocycles.